The van der Waals surface area contributed by atoms with E-state index in [0.29, 0.717) is 10.2 Å². The van der Waals surface area contributed by atoms with E-state index in [0.717, 1.165) is 16.5 Å². The molecule has 0 heterocycles. The van der Waals surface area contributed by atoms with Crippen molar-refractivity contribution in [1.82, 2.24) is 4.48 Å². The highest BCUT2D eigenvalue weighted by Gasteiger charge is 2.15. The van der Waals surface area contributed by atoms with E-state index in [1.165, 1.54) is 6.07 Å². The Labute approximate surface area is 151 Å². The Kier molecular flexibility index (Phi) is 3.49. The number of methoxy groups -OCH3 is 1. The molecule has 0 saturated carbocycles. The molecule has 3 rings (SSSR count). The quantitative estimate of drug-likeness (QED) is 0.527. The van der Waals surface area contributed by atoms with E-state index < -0.39 is 7.04 Å². The van der Waals surface area contributed by atoms with Gasteiger partial charge in [-0.3, -0.25) is 4.48 Å². The van der Waals surface area contributed by atoms with Gasteiger partial charge in [0.25, 0.3) is 0 Å². The zero-order valence-corrected chi connectivity index (χ0v) is 14.4. The van der Waals surface area contributed by atoms with Gasteiger partial charge in [0, 0.05) is 11.5 Å². The highest BCUT2D eigenvalue weighted by molar-refractivity contribution is 5.97. The summed E-state index contributed by atoms with van der Waals surface area (Å²) in [6.45, 7) is 0. The third kappa shape index (κ3) is 3.46. The largest absolute Gasteiger partial charge is 0.506 e. The van der Waals surface area contributed by atoms with Crippen molar-refractivity contribution in [3.05, 3.63) is 54.6 Å². The first kappa shape index (κ1) is 13.4. The number of phenols is 1. The Morgan fingerprint density at radius 2 is 1.76 bits per heavy atom. The van der Waals surface area contributed by atoms with Crippen molar-refractivity contribution in [2.45, 2.75) is 0 Å². The Balaban J connectivity index is 2.09. The number of nitrogens with zero attached hydrogens (tertiary/aromatic N) is 3. The molecule has 0 spiro atoms. The lowest BCUT2D eigenvalue weighted by Crippen LogP contribution is -2.34. The second-order valence-electron chi connectivity index (χ2n) is 6.62. The van der Waals surface area contributed by atoms with E-state index >= 15 is 0 Å². The lowest BCUT2D eigenvalue weighted by molar-refractivity contribution is 0.416. The van der Waals surface area contributed by atoms with Gasteiger partial charge in [-0.25, -0.2) is 0 Å². The summed E-state index contributed by atoms with van der Waals surface area (Å²) in [5.74, 6) is 0.0852. The van der Waals surface area contributed by atoms with Crippen LogP contribution in [0.1, 0.15) is 4.11 Å². The maximum Gasteiger partial charge on any atom is 0.146 e. The number of quaternary nitrogens is 1. The molecular weight excluding hydrogens is 314 g/mol. The smallest absolute Gasteiger partial charge is 0.146 e. The predicted molar refractivity (Wildman–Crippen MR) is 102 cm³/mol. The van der Waals surface area contributed by atoms with Crippen LogP contribution in [0.4, 0.5) is 17.1 Å². The molecule has 0 fully saturated rings. The molecule has 0 aliphatic heterocycles. The molecule has 0 aliphatic carbocycles. The molecular formula is C20H22N3O2+. The number of aromatic hydroxyl groups is 1. The molecule has 128 valence electrons. The molecule has 0 saturated heterocycles. The molecule has 0 amide bonds. The van der Waals surface area contributed by atoms with E-state index in [2.05, 4.69) is 10.2 Å². The molecule has 0 aliphatic rings. The number of ether oxygens (including phenoxy) is 1. The third-order valence-electron chi connectivity index (χ3n) is 3.96. The summed E-state index contributed by atoms with van der Waals surface area (Å²) in [7, 11) is 3.56. The van der Waals surface area contributed by atoms with Gasteiger partial charge in [-0.05, 0) is 35.7 Å². The summed E-state index contributed by atoms with van der Waals surface area (Å²) in [6.07, 6.45) is 0. The van der Waals surface area contributed by atoms with Crippen molar-refractivity contribution in [3.63, 3.8) is 0 Å². The Morgan fingerprint density at radius 3 is 2.52 bits per heavy atom. The van der Waals surface area contributed by atoms with Crippen molar-refractivity contribution in [2.75, 3.05) is 28.2 Å². The third-order valence-corrected chi connectivity index (χ3v) is 3.96. The van der Waals surface area contributed by atoms with Crippen molar-refractivity contribution >= 4 is 27.8 Å². The fourth-order valence-electron chi connectivity index (χ4n) is 2.53. The van der Waals surface area contributed by atoms with Crippen LogP contribution >= 0.6 is 0 Å². The Morgan fingerprint density at radius 1 is 1.00 bits per heavy atom. The molecule has 0 unspecified atom stereocenters. The van der Waals surface area contributed by atoms with Crippen LogP contribution in [-0.4, -0.2) is 33.3 Å². The second kappa shape index (κ2) is 6.53. The normalized spacial score (nSPS) is 14.3. The van der Waals surface area contributed by atoms with E-state index in [-0.39, 0.29) is 17.2 Å². The lowest BCUT2D eigenvalue weighted by atomic mass is 10.1. The number of hydrogen-bond donors (Lipinski definition) is 1. The van der Waals surface area contributed by atoms with Gasteiger partial charge in [-0.1, -0.05) is 18.2 Å². The Hall–Kier alpha value is -2.92. The molecule has 1 N–H and O–H groups in total. The standard InChI is InChI=1S/C20H21N3O2/c1-23(2,3)15-11-9-14-10-12-18(24)20(16(14)13-15)22-21-17-7-5-6-8-19(17)25-4/h5-13H,1-4H3/p+1/i4D3. The SMILES string of the molecule is [2H]C([2H])([2H])Oc1ccccc1N=Nc1c(O)ccc2ccc([N+](C)(C)C)cc12. The van der Waals surface area contributed by atoms with Gasteiger partial charge < -0.3 is 9.84 Å². The summed E-state index contributed by atoms with van der Waals surface area (Å²) in [6, 6.07) is 15.8. The first-order valence-corrected chi connectivity index (χ1v) is 7.82. The maximum atomic E-state index is 10.4. The zero-order chi connectivity index (χ0) is 20.5. The molecule has 3 aromatic rings. The Bertz CT molecular complexity index is 1040. The van der Waals surface area contributed by atoms with E-state index in [1.807, 2.05) is 45.4 Å². The predicted octanol–water partition coefficient (Wildman–Crippen LogP) is 5.17. The molecule has 5 heteroatoms. The minimum Gasteiger partial charge on any atom is -0.506 e. The van der Waals surface area contributed by atoms with Gasteiger partial charge in [0.15, 0.2) is 0 Å². The van der Waals surface area contributed by atoms with Crippen molar-refractivity contribution in [3.8, 4) is 11.5 Å². The first-order valence-electron chi connectivity index (χ1n) is 9.32. The fraction of sp³-hybridized carbons (Fsp3) is 0.200. The summed E-state index contributed by atoms with van der Waals surface area (Å²) < 4.78 is 27.4. The van der Waals surface area contributed by atoms with Crippen molar-refractivity contribution in [1.29, 1.82) is 0 Å². The second-order valence-corrected chi connectivity index (χ2v) is 6.62. The molecule has 0 atom stereocenters. The highest BCUT2D eigenvalue weighted by atomic mass is 16.5. The van der Waals surface area contributed by atoms with Crippen LogP contribution in [0.25, 0.3) is 10.8 Å². The van der Waals surface area contributed by atoms with Crippen LogP contribution in [0, 0.1) is 0 Å². The van der Waals surface area contributed by atoms with Gasteiger partial charge in [0.1, 0.15) is 28.6 Å². The number of benzene rings is 3. The molecule has 5 nitrogen and oxygen atoms in total. The highest BCUT2D eigenvalue weighted by Crippen LogP contribution is 2.39. The van der Waals surface area contributed by atoms with E-state index in [9.17, 15) is 5.11 Å². The number of phenolic OH excluding ortho intramolecular Hbond substituents is 1. The van der Waals surface area contributed by atoms with Crippen LogP contribution < -0.4 is 9.22 Å². The van der Waals surface area contributed by atoms with E-state index in [4.69, 9.17) is 8.85 Å². The van der Waals surface area contributed by atoms with Gasteiger partial charge in [-0.2, -0.15) is 0 Å². The maximum absolute atomic E-state index is 10.4. The van der Waals surface area contributed by atoms with Crippen LogP contribution in [0.3, 0.4) is 0 Å². The van der Waals surface area contributed by atoms with Gasteiger partial charge >= 0.3 is 0 Å². The molecule has 25 heavy (non-hydrogen) atoms. The van der Waals surface area contributed by atoms with Crippen LogP contribution in [0.2, 0.25) is 0 Å². The summed E-state index contributed by atoms with van der Waals surface area (Å²) in [5, 5.41) is 20.4. The van der Waals surface area contributed by atoms with Crippen molar-refractivity contribution in [2.24, 2.45) is 10.2 Å². The molecule has 3 aromatic carbocycles. The number of para-hydroxylation sites is 1. The number of rotatable bonds is 4. The van der Waals surface area contributed by atoms with Crippen LogP contribution in [0.5, 0.6) is 11.5 Å². The fourth-order valence-corrected chi connectivity index (χ4v) is 2.53. The average molecular weight is 339 g/mol. The summed E-state index contributed by atoms with van der Waals surface area (Å²) >= 11 is 0. The van der Waals surface area contributed by atoms with Gasteiger partial charge in [0.05, 0.1) is 32.3 Å². The van der Waals surface area contributed by atoms with Gasteiger partial charge in [0.2, 0.25) is 0 Å². The van der Waals surface area contributed by atoms with Crippen molar-refractivity contribution < 1.29 is 14.0 Å². The molecule has 0 aromatic heterocycles. The topological polar surface area (TPSA) is 54.2 Å². The van der Waals surface area contributed by atoms with E-state index in [1.54, 1.807) is 24.3 Å². The number of azo groups is 1. The summed E-state index contributed by atoms with van der Waals surface area (Å²) in [4.78, 5) is 0. The minimum absolute atomic E-state index is 0.0102. The number of hydrogen-bond acceptors (Lipinski definition) is 4. The lowest BCUT2D eigenvalue weighted by Gasteiger charge is -2.23. The van der Waals surface area contributed by atoms with Crippen LogP contribution in [0.15, 0.2) is 64.8 Å². The van der Waals surface area contributed by atoms with Crippen LogP contribution in [-0.2, 0) is 0 Å². The molecule has 0 bridgehead atoms. The number of fused-ring (bicyclic) bond motifs is 1. The monoisotopic (exact) mass is 339 g/mol. The summed E-state index contributed by atoms with van der Waals surface area (Å²) in [5.41, 5.74) is 1.62. The van der Waals surface area contributed by atoms with Gasteiger partial charge in [-0.15, -0.1) is 10.2 Å². The average Bonchev–Trinajstić information content (AvgIpc) is 2.59. The molecule has 0 radical (unpaired) electrons. The minimum atomic E-state index is -2.59. The zero-order valence-electron chi connectivity index (χ0n) is 17.4. The first-order chi connectivity index (χ1) is 13.0.